The second kappa shape index (κ2) is 5.67. The molecule has 1 aliphatic rings. The van der Waals surface area contributed by atoms with Gasteiger partial charge < -0.3 is 4.57 Å². The van der Waals surface area contributed by atoms with Gasteiger partial charge in [-0.3, -0.25) is 0 Å². The van der Waals surface area contributed by atoms with Crippen LogP contribution in [-0.4, -0.2) is 14.8 Å². The van der Waals surface area contributed by atoms with Gasteiger partial charge in [-0.1, -0.05) is 32.1 Å². The highest BCUT2D eigenvalue weighted by Crippen LogP contribution is 2.27. The summed E-state index contributed by atoms with van der Waals surface area (Å²) in [5, 5.41) is 8.28. The molecule has 16 heavy (non-hydrogen) atoms. The van der Waals surface area contributed by atoms with Gasteiger partial charge >= 0.3 is 0 Å². The Hall–Kier alpha value is -0.570. The Bertz CT molecular complexity index is 329. The summed E-state index contributed by atoms with van der Waals surface area (Å²) in [5.41, 5.74) is 0. The summed E-state index contributed by atoms with van der Waals surface area (Å²) in [6.45, 7) is 0. The molecule has 0 unspecified atom stereocenters. The summed E-state index contributed by atoms with van der Waals surface area (Å²) in [5.74, 6) is 3.32. The molecule has 1 saturated carbocycles. The topological polar surface area (TPSA) is 30.7 Å². The number of nitrogens with zero attached hydrogens (tertiary/aromatic N) is 3. The largest absolute Gasteiger partial charge is 0.317 e. The molecule has 0 bridgehead atoms. The van der Waals surface area contributed by atoms with E-state index in [1.54, 1.807) is 0 Å². The first-order chi connectivity index (χ1) is 7.81. The van der Waals surface area contributed by atoms with Gasteiger partial charge in [-0.05, 0) is 12.3 Å². The molecule has 1 aliphatic carbocycles. The minimum atomic E-state index is 0.451. The Balaban J connectivity index is 1.86. The van der Waals surface area contributed by atoms with Gasteiger partial charge in [-0.25, -0.2) is 0 Å². The van der Waals surface area contributed by atoms with Crippen molar-refractivity contribution in [3.05, 3.63) is 11.6 Å². The van der Waals surface area contributed by atoms with Gasteiger partial charge in [0, 0.05) is 13.5 Å². The van der Waals surface area contributed by atoms with Gasteiger partial charge in [-0.15, -0.1) is 21.8 Å². The number of aromatic nitrogens is 3. The van der Waals surface area contributed by atoms with Crippen molar-refractivity contribution in [1.82, 2.24) is 14.8 Å². The van der Waals surface area contributed by atoms with E-state index in [9.17, 15) is 0 Å². The highest BCUT2D eigenvalue weighted by Gasteiger charge is 2.15. The molecule has 0 aromatic carbocycles. The van der Waals surface area contributed by atoms with Crippen molar-refractivity contribution in [3.63, 3.8) is 0 Å². The normalized spacial score (nSPS) is 17.9. The molecule has 0 atom stereocenters. The smallest absolute Gasteiger partial charge is 0.147 e. The molecule has 0 aliphatic heterocycles. The Morgan fingerprint density at radius 2 is 1.88 bits per heavy atom. The van der Waals surface area contributed by atoms with Crippen LogP contribution in [0, 0.1) is 5.92 Å². The van der Waals surface area contributed by atoms with E-state index in [2.05, 4.69) is 10.2 Å². The molecule has 1 aromatic heterocycles. The predicted molar refractivity (Wildman–Crippen MR) is 65.5 cm³/mol. The lowest BCUT2D eigenvalue weighted by molar-refractivity contribution is 0.336. The molecule has 2 rings (SSSR count). The first kappa shape index (κ1) is 11.9. The van der Waals surface area contributed by atoms with Gasteiger partial charge in [0.2, 0.25) is 0 Å². The van der Waals surface area contributed by atoms with Gasteiger partial charge in [-0.2, -0.15) is 0 Å². The van der Waals surface area contributed by atoms with Crippen LogP contribution >= 0.6 is 11.6 Å². The van der Waals surface area contributed by atoms with Crippen molar-refractivity contribution in [2.75, 3.05) is 0 Å². The van der Waals surface area contributed by atoms with Gasteiger partial charge in [0.1, 0.15) is 11.6 Å². The maximum atomic E-state index is 5.77. The van der Waals surface area contributed by atoms with Crippen molar-refractivity contribution >= 4 is 11.6 Å². The third-order valence-electron chi connectivity index (χ3n) is 3.68. The minimum Gasteiger partial charge on any atom is -0.317 e. The second-order valence-corrected chi connectivity index (χ2v) is 5.04. The Morgan fingerprint density at radius 1 is 1.19 bits per heavy atom. The van der Waals surface area contributed by atoms with Crippen molar-refractivity contribution in [1.29, 1.82) is 0 Å². The zero-order chi connectivity index (χ0) is 11.4. The maximum Gasteiger partial charge on any atom is 0.147 e. The van der Waals surface area contributed by atoms with Crippen LogP contribution < -0.4 is 0 Å². The summed E-state index contributed by atoms with van der Waals surface area (Å²) in [4.78, 5) is 0. The zero-order valence-electron chi connectivity index (χ0n) is 9.95. The van der Waals surface area contributed by atoms with E-state index in [4.69, 9.17) is 11.6 Å². The summed E-state index contributed by atoms with van der Waals surface area (Å²) in [6.07, 6.45) is 9.36. The van der Waals surface area contributed by atoms with E-state index in [0.29, 0.717) is 5.88 Å². The van der Waals surface area contributed by atoms with E-state index in [-0.39, 0.29) is 0 Å². The van der Waals surface area contributed by atoms with E-state index in [1.807, 2.05) is 11.6 Å². The van der Waals surface area contributed by atoms with E-state index >= 15 is 0 Å². The Morgan fingerprint density at radius 3 is 2.50 bits per heavy atom. The number of hydrogen-bond acceptors (Lipinski definition) is 2. The molecular weight excluding hydrogens is 222 g/mol. The van der Waals surface area contributed by atoms with Crippen molar-refractivity contribution in [2.45, 2.75) is 50.8 Å². The molecule has 0 radical (unpaired) electrons. The monoisotopic (exact) mass is 241 g/mol. The van der Waals surface area contributed by atoms with Crippen LogP contribution in [0.5, 0.6) is 0 Å². The van der Waals surface area contributed by atoms with Crippen LogP contribution in [0.1, 0.15) is 50.2 Å². The fourth-order valence-electron chi connectivity index (χ4n) is 2.54. The number of hydrogen-bond donors (Lipinski definition) is 0. The molecule has 1 fully saturated rings. The van der Waals surface area contributed by atoms with Gasteiger partial charge in [0.05, 0.1) is 5.88 Å². The summed E-state index contributed by atoms with van der Waals surface area (Å²) in [7, 11) is 2.01. The average Bonchev–Trinajstić information content (AvgIpc) is 2.69. The van der Waals surface area contributed by atoms with Crippen LogP contribution in [0.3, 0.4) is 0 Å². The Labute approximate surface area is 102 Å². The summed E-state index contributed by atoms with van der Waals surface area (Å²) >= 11 is 5.77. The highest BCUT2D eigenvalue weighted by atomic mass is 35.5. The lowest BCUT2D eigenvalue weighted by Gasteiger charge is -2.20. The molecule has 0 N–H and O–H groups in total. The molecule has 4 heteroatoms. The van der Waals surface area contributed by atoms with Crippen molar-refractivity contribution in [2.24, 2.45) is 13.0 Å². The van der Waals surface area contributed by atoms with Crippen LogP contribution in [0.2, 0.25) is 0 Å². The van der Waals surface area contributed by atoms with Crippen molar-refractivity contribution < 1.29 is 0 Å². The maximum absolute atomic E-state index is 5.77. The summed E-state index contributed by atoms with van der Waals surface area (Å²) < 4.78 is 2.04. The van der Waals surface area contributed by atoms with Crippen molar-refractivity contribution in [3.8, 4) is 0 Å². The third-order valence-corrected chi connectivity index (χ3v) is 3.91. The zero-order valence-corrected chi connectivity index (χ0v) is 10.7. The molecule has 90 valence electrons. The van der Waals surface area contributed by atoms with Gasteiger partial charge in [0.15, 0.2) is 0 Å². The fraction of sp³-hybridized carbons (Fsp3) is 0.833. The standard InChI is InChI=1S/C12H20ClN3/c1-16-11(14-15-12(16)9-13)8-7-10-5-3-2-4-6-10/h10H,2-9H2,1H3. The van der Waals surface area contributed by atoms with Crippen LogP contribution in [0.4, 0.5) is 0 Å². The molecular formula is C12H20ClN3. The van der Waals surface area contributed by atoms with E-state index < -0.39 is 0 Å². The second-order valence-electron chi connectivity index (χ2n) is 4.77. The average molecular weight is 242 g/mol. The molecule has 3 nitrogen and oxygen atoms in total. The Kier molecular flexibility index (Phi) is 4.22. The molecule has 0 spiro atoms. The first-order valence-electron chi connectivity index (χ1n) is 6.24. The third kappa shape index (κ3) is 2.76. The lowest BCUT2D eigenvalue weighted by atomic mass is 9.86. The first-order valence-corrected chi connectivity index (χ1v) is 6.78. The molecule has 0 saturated heterocycles. The number of aryl methyl sites for hydroxylation is 1. The fourth-order valence-corrected chi connectivity index (χ4v) is 2.77. The van der Waals surface area contributed by atoms with Crippen LogP contribution in [0.15, 0.2) is 0 Å². The lowest BCUT2D eigenvalue weighted by Crippen LogP contribution is -2.09. The quantitative estimate of drug-likeness (QED) is 0.759. The van der Waals surface area contributed by atoms with Crippen LogP contribution in [0.25, 0.3) is 0 Å². The highest BCUT2D eigenvalue weighted by molar-refractivity contribution is 6.16. The number of alkyl halides is 1. The molecule has 0 amide bonds. The number of rotatable bonds is 4. The predicted octanol–water partition coefficient (Wildman–Crippen LogP) is 3.07. The molecule has 1 heterocycles. The van der Waals surface area contributed by atoms with Crippen LogP contribution in [-0.2, 0) is 19.3 Å². The minimum absolute atomic E-state index is 0.451. The summed E-state index contributed by atoms with van der Waals surface area (Å²) in [6, 6.07) is 0. The van der Waals surface area contributed by atoms with E-state index in [1.165, 1.54) is 38.5 Å². The molecule has 1 aromatic rings. The number of halogens is 1. The van der Waals surface area contributed by atoms with E-state index in [0.717, 1.165) is 24.0 Å². The SMILES string of the molecule is Cn1c(CCl)nnc1CCC1CCCCC1. The van der Waals surface area contributed by atoms with Gasteiger partial charge in [0.25, 0.3) is 0 Å².